The second kappa shape index (κ2) is 9.20. The van der Waals surface area contributed by atoms with Crippen molar-refractivity contribution in [3.05, 3.63) is 96.1 Å². The van der Waals surface area contributed by atoms with Crippen molar-refractivity contribution >= 4 is 23.2 Å². The second-order valence-electron chi connectivity index (χ2n) is 6.01. The lowest BCUT2D eigenvalue weighted by atomic mass is 10.1. The predicted molar refractivity (Wildman–Crippen MR) is 108 cm³/mol. The molecule has 3 N–H and O–H groups in total. The number of nitrogens with one attached hydrogen (secondary N) is 3. The number of carbonyl (C=O) groups excluding carboxylic acids is 2. The highest BCUT2D eigenvalue weighted by atomic mass is 16.2. The van der Waals surface area contributed by atoms with E-state index in [-0.39, 0.29) is 18.4 Å². The fraction of sp³-hybridized carbons (Fsp3) is 0.0909. The highest BCUT2D eigenvalue weighted by Gasteiger charge is 2.07. The minimum Gasteiger partial charge on any atom is -0.376 e. The molecule has 0 spiro atoms. The van der Waals surface area contributed by atoms with Crippen molar-refractivity contribution in [1.82, 2.24) is 5.32 Å². The Morgan fingerprint density at radius 1 is 0.704 bits per heavy atom. The molecular formula is C22H21N3O2. The zero-order valence-corrected chi connectivity index (χ0v) is 14.8. The van der Waals surface area contributed by atoms with Gasteiger partial charge in [0, 0.05) is 23.5 Å². The van der Waals surface area contributed by atoms with Gasteiger partial charge in [0.25, 0.3) is 5.91 Å². The van der Waals surface area contributed by atoms with E-state index in [1.165, 1.54) is 0 Å². The van der Waals surface area contributed by atoms with Crippen LogP contribution in [0.2, 0.25) is 0 Å². The van der Waals surface area contributed by atoms with Crippen LogP contribution in [0.25, 0.3) is 0 Å². The lowest BCUT2D eigenvalue weighted by Crippen LogP contribution is -2.23. The van der Waals surface area contributed by atoms with E-state index in [1.54, 1.807) is 24.3 Å². The largest absolute Gasteiger partial charge is 0.376 e. The Hall–Kier alpha value is -3.60. The standard InChI is InChI=1S/C22H21N3O2/c26-21(16-23-19-9-5-2-6-10-19)25-20-13-11-18(12-14-20)22(27)24-15-17-7-3-1-4-8-17/h1-14,23H,15-16H2,(H,24,27)(H,25,26). The summed E-state index contributed by atoms with van der Waals surface area (Å²) >= 11 is 0. The Bertz CT molecular complexity index is 878. The van der Waals surface area contributed by atoms with Crippen LogP contribution in [0, 0.1) is 0 Å². The Morgan fingerprint density at radius 2 is 1.33 bits per heavy atom. The van der Waals surface area contributed by atoms with Gasteiger partial charge in [-0.2, -0.15) is 0 Å². The highest BCUT2D eigenvalue weighted by Crippen LogP contribution is 2.10. The second-order valence-corrected chi connectivity index (χ2v) is 6.01. The summed E-state index contributed by atoms with van der Waals surface area (Å²) in [6, 6.07) is 26.1. The molecule has 0 saturated heterocycles. The first-order chi connectivity index (χ1) is 13.2. The number of amides is 2. The molecular weight excluding hydrogens is 338 g/mol. The summed E-state index contributed by atoms with van der Waals surface area (Å²) < 4.78 is 0. The van der Waals surface area contributed by atoms with E-state index in [2.05, 4.69) is 16.0 Å². The minimum atomic E-state index is -0.153. The van der Waals surface area contributed by atoms with Gasteiger partial charge in [-0.1, -0.05) is 48.5 Å². The van der Waals surface area contributed by atoms with Crippen LogP contribution >= 0.6 is 0 Å². The minimum absolute atomic E-state index is 0.150. The Kier molecular flexibility index (Phi) is 6.20. The summed E-state index contributed by atoms with van der Waals surface area (Å²) in [6.45, 7) is 0.645. The van der Waals surface area contributed by atoms with Gasteiger partial charge in [-0.25, -0.2) is 0 Å². The molecule has 0 aromatic heterocycles. The summed E-state index contributed by atoms with van der Waals surface area (Å²) in [4.78, 5) is 24.2. The average molecular weight is 359 g/mol. The molecule has 136 valence electrons. The topological polar surface area (TPSA) is 70.2 Å². The van der Waals surface area contributed by atoms with Crippen LogP contribution in [0.15, 0.2) is 84.9 Å². The Morgan fingerprint density at radius 3 is 2.00 bits per heavy atom. The van der Waals surface area contributed by atoms with Gasteiger partial charge in [0.2, 0.25) is 5.91 Å². The molecule has 0 aliphatic carbocycles. The zero-order chi connectivity index (χ0) is 18.9. The van der Waals surface area contributed by atoms with Crippen molar-refractivity contribution in [3.8, 4) is 0 Å². The third-order valence-corrected chi connectivity index (χ3v) is 3.95. The Labute approximate surface area is 158 Å². The van der Waals surface area contributed by atoms with Crippen LogP contribution in [0.4, 0.5) is 11.4 Å². The molecule has 27 heavy (non-hydrogen) atoms. The molecule has 0 unspecified atom stereocenters. The number of anilines is 2. The molecule has 0 fully saturated rings. The van der Waals surface area contributed by atoms with Gasteiger partial charge in [-0.3, -0.25) is 9.59 Å². The van der Waals surface area contributed by atoms with E-state index < -0.39 is 0 Å². The van der Waals surface area contributed by atoms with Gasteiger partial charge in [0.15, 0.2) is 0 Å². The van der Waals surface area contributed by atoms with Crippen molar-refractivity contribution in [3.63, 3.8) is 0 Å². The van der Waals surface area contributed by atoms with Crippen LogP contribution in [0.1, 0.15) is 15.9 Å². The fourth-order valence-corrected chi connectivity index (χ4v) is 2.53. The molecule has 0 radical (unpaired) electrons. The van der Waals surface area contributed by atoms with E-state index in [0.29, 0.717) is 17.8 Å². The van der Waals surface area contributed by atoms with Crippen molar-refractivity contribution in [2.45, 2.75) is 6.54 Å². The number of rotatable bonds is 7. The summed E-state index contributed by atoms with van der Waals surface area (Å²) in [5, 5.41) is 8.73. The zero-order valence-electron chi connectivity index (χ0n) is 14.8. The molecule has 5 heteroatoms. The maximum absolute atomic E-state index is 12.2. The molecule has 0 aliphatic rings. The third-order valence-electron chi connectivity index (χ3n) is 3.95. The van der Waals surface area contributed by atoms with Crippen molar-refractivity contribution in [2.75, 3.05) is 17.2 Å². The number of hydrogen-bond donors (Lipinski definition) is 3. The van der Waals surface area contributed by atoms with Crippen LogP contribution in [-0.4, -0.2) is 18.4 Å². The highest BCUT2D eigenvalue weighted by molar-refractivity contribution is 5.96. The lowest BCUT2D eigenvalue weighted by Gasteiger charge is -2.09. The van der Waals surface area contributed by atoms with Gasteiger partial charge in [-0.15, -0.1) is 0 Å². The smallest absolute Gasteiger partial charge is 0.251 e. The normalized spacial score (nSPS) is 10.1. The van der Waals surface area contributed by atoms with Crippen LogP contribution in [0.5, 0.6) is 0 Å². The van der Waals surface area contributed by atoms with Gasteiger partial charge < -0.3 is 16.0 Å². The van der Waals surface area contributed by atoms with Gasteiger partial charge >= 0.3 is 0 Å². The maximum Gasteiger partial charge on any atom is 0.251 e. The van der Waals surface area contributed by atoms with E-state index in [4.69, 9.17) is 0 Å². The molecule has 5 nitrogen and oxygen atoms in total. The van der Waals surface area contributed by atoms with Crippen LogP contribution in [0.3, 0.4) is 0 Å². The van der Waals surface area contributed by atoms with Crippen molar-refractivity contribution in [2.24, 2.45) is 0 Å². The number of hydrogen-bond acceptors (Lipinski definition) is 3. The first kappa shape index (κ1) is 18.2. The average Bonchev–Trinajstić information content (AvgIpc) is 2.72. The number of carbonyl (C=O) groups is 2. The first-order valence-corrected chi connectivity index (χ1v) is 8.72. The summed E-state index contributed by atoms with van der Waals surface area (Å²) in [6.07, 6.45) is 0. The fourth-order valence-electron chi connectivity index (χ4n) is 2.53. The molecule has 0 saturated carbocycles. The summed E-state index contributed by atoms with van der Waals surface area (Å²) in [7, 11) is 0. The summed E-state index contributed by atoms with van der Waals surface area (Å²) in [5.41, 5.74) is 3.12. The van der Waals surface area contributed by atoms with Crippen molar-refractivity contribution in [1.29, 1.82) is 0 Å². The molecule has 3 rings (SSSR count). The first-order valence-electron chi connectivity index (χ1n) is 8.72. The van der Waals surface area contributed by atoms with Crippen LogP contribution in [-0.2, 0) is 11.3 Å². The molecule has 2 amide bonds. The van der Waals surface area contributed by atoms with E-state index >= 15 is 0 Å². The molecule has 3 aromatic rings. The van der Waals surface area contributed by atoms with E-state index in [1.807, 2.05) is 60.7 Å². The third kappa shape index (κ3) is 5.71. The molecule has 0 aliphatic heterocycles. The SMILES string of the molecule is O=C(CNc1ccccc1)Nc1ccc(C(=O)NCc2ccccc2)cc1. The number of para-hydroxylation sites is 1. The molecule has 3 aromatic carbocycles. The lowest BCUT2D eigenvalue weighted by molar-refractivity contribution is -0.114. The molecule has 0 heterocycles. The predicted octanol–water partition coefficient (Wildman–Crippen LogP) is 3.67. The monoisotopic (exact) mass is 359 g/mol. The van der Waals surface area contributed by atoms with Gasteiger partial charge in [0.05, 0.1) is 6.54 Å². The van der Waals surface area contributed by atoms with Crippen LogP contribution < -0.4 is 16.0 Å². The maximum atomic E-state index is 12.2. The molecule has 0 bridgehead atoms. The number of benzene rings is 3. The quantitative estimate of drug-likeness (QED) is 0.603. The van der Waals surface area contributed by atoms with E-state index in [9.17, 15) is 9.59 Å². The molecule has 0 atom stereocenters. The van der Waals surface area contributed by atoms with E-state index in [0.717, 1.165) is 11.3 Å². The Balaban J connectivity index is 1.47. The van der Waals surface area contributed by atoms with Gasteiger partial charge in [0.1, 0.15) is 0 Å². The summed E-state index contributed by atoms with van der Waals surface area (Å²) in [5.74, 6) is -0.303. The van der Waals surface area contributed by atoms with Gasteiger partial charge in [-0.05, 0) is 42.0 Å². The van der Waals surface area contributed by atoms with Crippen molar-refractivity contribution < 1.29 is 9.59 Å².